The first-order chi connectivity index (χ1) is 9.29. The second-order valence-corrected chi connectivity index (χ2v) is 6.27. The van der Waals surface area contributed by atoms with Gasteiger partial charge < -0.3 is 10.1 Å². The molecule has 2 aliphatic heterocycles. The Morgan fingerprint density at radius 3 is 3.05 bits per heavy atom. The lowest BCUT2D eigenvalue weighted by atomic mass is 10.1. The van der Waals surface area contributed by atoms with Crippen LogP contribution in [0.5, 0.6) is 5.75 Å². The average molecular weight is 258 g/mol. The van der Waals surface area contributed by atoms with E-state index in [4.69, 9.17) is 4.74 Å². The van der Waals surface area contributed by atoms with Gasteiger partial charge in [-0.3, -0.25) is 4.90 Å². The molecule has 0 bridgehead atoms. The second-order valence-electron chi connectivity index (χ2n) is 6.27. The maximum Gasteiger partial charge on any atom is 0.122 e. The van der Waals surface area contributed by atoms with E-state index in [9.17, 15) is 0 Å². The van der Waals surface area contributed by atoms with E-state index in [-0.39, 0.29) is 0 Å². The number of hydrogen-bond acceptors (Lipinski definition) is 3. The van der Waals surface area contributed by atoms with Crippen molar-refractivity contribution in [3.05, 3.63) is 23.8 Å². The Labute approximate surface area is 114 Å². The van der Waals surface area contributed by atoms with Crippen LogP contribution < -0.4 is 10.1 Å². The number of hydrogen-bond donors (Lipinski definition) is 1. The first kappa shape index (κ1) is 11.6. The van der Waals surface area contributed by atoms with Gasteiger partial charge in [0.05, 0.1) is 6.61 Å². The summed E-state index contributed by atoms with van der Waals surface area (Å²) in [7, 11) is 0. The molecule has 1 aromatic carbocycles. The number of benzene rings is 1. The molecule has 0 spiro atoms. The summed E-state index contributed by atoms with van der Waals surface area (Å²) in [5.41, 5.74) is 2.62. The largest absolute Gasteiger partial charge is 0.493 e. The van der Waals surface area contributed by atoms with E-state index < -0.39 is 0 Å². The Morgan fingerprint density at radius 2 is 2.21 bits per heavy atom. The second kappa shape index (κ2) is 4.41. The predicted octanol–water partition coefficient (Wildman–Crippen LogP) is 2.66. The molecule has 3 heteroatoms. The summed E-state index contributed by atoms with van der Waals surface area (Å²) >= 11 is 0. The van der Waals surface area contributed by atoms with Crippen molar-refractivity contribution in [1.82, 2.24) is 4.90 Å². The number of fused-ring (bicyclic) bond motifs is 1. The minimum absolute atomic E-state index is 0.607. The Morgan fingerprint density at radius 1 is 1.32 bits per heavy atom. The van der Waals surface area contributed by atoms with Crippen molar-refractivity contribution in [3.63, 3.8) is 0 Å². The topological polar surface area (TPSA) is 24.5 Å². The van der Waals surface area contributed by atoms with Crippen molar-refractivity contribution >= 4 is 5.69 Å². The summed E-state index contributed by atoms with van der Waals surface area (Å²) in [4.78, 5) is 2.69. The summed E-state index contributed by atoms with van der Waals surface area (Å²) in [5, 5.41) is 3.72. The number of rotatable bonds is 3. The van der Waals surface area contributed by atoms with Crippen LogP contribution in [0, 0.1) is 0 Å². The molecule has 3 aliphatic rings. The van der Waals surface area contributed by atoms with Gasteiger partial charge in [0, 0.05) is 36.8 Å². The monoisotopic (exact) mass is 258 g/mol. The number of nitrogens with one attached hydrogen (secondary N) is 1. The highest BCUT2D eigenvalue weighted by Gasteiger charge is 2.38. The van der Waals surface area contributed by atoms with Crippen molar-refractivity contribution in [2.45, 2.75) is 50.7 Å². The summed E-state index contributed by atoms with van der Waals surface area (Å²) in [6, 6.07) is 8.78. The summed E-state index contributed by atoms with van der Waals surface area (Å²) in [6.45, 7) is 4.42. The zero-order chi connectivity index (χ0) is 12.8. The molecule has 2 atom stereocenters. The predicted molar refractivity (Wildman–Crippen MR) is 76.9 cm³/mol. The molecule has 102 valence electrons. The molecule has 2 fully saturated rings. The summed E-state index contributed by atoms with van der Waals surface area (Å²) in [5.74, 6) is 1.07. The Kier molecular flexibility index (Phi) is 2.69. The van der Waals surface area contributed by atoms with Gasteiger partial charge in [-0.2, -0.15) is 0 Å². The van der Waals surface area contributed by atoms with Gasteiger partial charge >= 0.3 is 0 Å². The van der Waals surface area contributed by atoms with E-state index in [1.807, 2.05) is 0 Å². The van der Waals surface area contributed by atoms with Crippen LogP contribution >= 0.6 is 0 Å². The maximum absolute atomic E-state index is 5.56. The van der Waals surface area contributed by atoms with Crippen LogP contribution in [-0.4, -0.2) is 36.2 Å². The molecule has 1 saturated carbocycles. The van der Waals surface area contributed by atoms with E-state index >= 15 is 0 Å². The third kappa shape index (κ3) is 2.20. The normalized spacial score (nSPS) is 30.2. The van der Waals surface area contributed by atoms with E-state index in [2.05, 4.69) is 35.3 Å². The molecular formula is C16H22N2O. The number of anilines is 1. The molecule has 2 unspecified atom stereocenters. The molecule has 1 aromatic rings. The van der Waals surface area contributed by atoms with Gasteiger partial charge in [0.15, 0.2) is 0 Å². The Bertz CT molecular complexity index is 484. The lowest BCUT2D eigenvalue weighted by Crippen LogP contribution is -2.31. The molecular weight excluding hydrogens is 236 g/mol. The van der Waals surface area contributed by atoms with Gasteiger partial charge in [0.1, 0.15) is 5.75 Å². The van der Waals surface area contributed by atoms with E-state index in [0.29, 0.717) is 6.04 Å². The number of nitrogens with zero attached hydrogens (tertiary/aromatic N) is 1. The fraction of sp³-hybridized carbons (Fsp3) is 0.625. The van der Waals surface area contributed by atoms with Gasteiger partial charge in [0.2, 0.25) is 0 Å². The molecule has 2 heterocycles. The molecule has 1 N–H and O–H groups in total. The molecule has 1 aliphatic carbocycles. The first-order valence-corrected chi connectivity index (χ1v) is 7.57. The smallest absolute Gasteiger partial charge is 0.122 e. The van der Waals surface area contributed by atoms with E-state index in [1.165, 1.54) is 37.1 Å². The summed E-state index contributed by atoms with van der Waals surface area (Å²) < 4.78 is 5.56. The molecule has 3 nitrogen and oxygen atoms in total. The van der Waals surface area contributed by atoms with E-state index in [1.54, 1.807) is 0 Å². The number of ether oxygens (including phenoxy) is 1. The molecule has 19 heavy (non-hydrogen) atoms. The van der Waals surface area contributed by atoms with Crippen LogP contribution in [0.25, 0.3) is 0 Å². The average Bonchev–Trinajstić information content (AvgIpc) is 3.02. The van der Waals surface area contributed by atoms with Gasteiger partial charge in [0.25, 0.3) is 0 Å². The highest BCUT2D eigenvalue weighted by atomic mass is 16.5. The van der Waals surface area contributed by atoms with Crippen LogP contribution in [-0.2, 0) is 6.42 Å². The van der Waals surface area contributed by atoms with Gasteiger partial charge in [-0.1, -0.05) is 0 Å². The van der Waals surface area contributed by atoms with Crippen LogP contribution in [0.4, 0.5) is 5.69 Å². The highest BCUT2D eigenvalue weighted by molar-refractivity contribution is 5.53. The molecule has 0 amide bonds. The summed E-state index contributed by atoms with van der Waals surface area (Å²) in [6.07, 6.45) is 5.14. The molecule has 4 rings (SSSR count). The van der Waals surface area contributed by atoms with Crippen LogP contribution in [0.15, 0.2) is 18.2 Å². The van der Waals surface area contributed by atoms with Gasteiger partial charge in [-0.25, -0.2) is 0 Å². The van der Waals surface area contributed by atoms with Crippen molar-refractivity contribution < 1.29 is 4.74 Å². The Hall–Kier alpha value is -1.22. The number of likely N-dealkylation sites (tertiary alicyclic amines) is 1. The highest BCUT2D eigenvalue weighted by Crippen LogP contribution is 2.34. The maximum atomic E-state index is 5.56. The van der Waals surface area contributed by atoms with Crippen LogP contribution in [0.1, 0.15) is 31.7 Å². The fourth-order valence-corrected chi connectivity index (χ4v) is 3.59. The van der Waals surface area contributed by atoms with Crippen molar-refractivity contribution in [1.29, 1.82) is 0 Å². The third-order valence-corrected chi connectivity index (χ3v) is 4.70. The third-order valence-electron chi connectivity index (χ3n) is 4.70. The molecule has 1 saturated heterocycles. The minimum atomic E-state index is 0.607. The van der Waals surface area contributed by atoms with Gasteiger partial charge in [-0.15, -0.1) is 0 Å². The molecule has 0 radical (unpaired) electrons. The van der Waals surface area contributed by atoms with Crippen LogP contribution in [0.3, 0.4) is 0 Å². The zero-order valence-corrected chi connectivity index (χ0v) is 11.6. The minimum Gasteiger partial charge on any atom is -0.493 e. The van der Waals surface area contributed by atoms with Crippen molar-refractivity contribution in [2.24, 2.45) is 0 Å². The van der Waals surface area contributed by atoms with Crippen LogP contribution in [0.2, 0.25) is 0 Å². The quantitative estimate of drug-likeness (QED) is 0.902. The zero-order valence-electron chi connectivity index (χ0n) is 11.6. The van der Waals surface area contributed by atoms with Crippen molar-refractivity contribution in [3.8, 4) is 5.75 Å². The first-order valence-electron chi connectivity index (χ1n) is 7.57. The van der Waals surface area contributed by atoms with Gasteiger partial charge in [-0.05, 0) is 49.9 Å². The standard InChI is InChI=1S/C16H22N2O/c1-11-8-14(10-18(11)15-3-4-15)17-13-2-5-16-12(9-13)6-7-19-16/h2,5,9,11,14-15,17H,3-4,6-8,10H2,1H3. The SMILES string of the molecule is CC1CC(Nc2ccc3c(c2)CCO3)CN1C1CC1. The fourth-order valence-electron chi connectivity index (χ4n) is 3.59. The Balaban J connectivity index is 1.44. The van der Waals surface area contributed by atoms with Crippen molar-refractivity contribution in [2.75, 3.05) is 18.5 Å². The lowest BCUT2D eigenvalue weighted by Gasteiger charge is -2.20. The lowest BCUT2D eigenvalue weighted by molar-refractivity contribution is 0.257. The van der Waals surface area contributed by atoms with E-state index in [0.717, 1.165) is 30.9 Å². The molecule has 0 aromatic heterocycles.